The molecule has 6 nitrogen and oxygen atoms in total. The monoisotopic (exact) mass is 438 g/mol. The van der Waals surface area contributed by atoms with Gasteiger partial charge in [0.1, 0.15) is 6.07 Å². The van der Waals surface area contributed by atoms with Gasteiger partial charge in [-0.05, 0) is 21.9 Å². The zero-order valence-electron chi connectivity index (χ0n) is 18.4. The van der Waals surface area contributed by atoms with Crippen LogP contribution in [0.4, 0.5) is 5.88 Å². The van der Waals surface area contributed by atoms with E-state index < -0.39 is 0 Å². The summed E-state index contributed by atoms with van der Waals surface area (Å²) in [6.07, 6.45) is 0.531. The van der Waals surface area contributed by atoms with Crippen LogP contribution in [0.2, 0.25) is 0 Å². The average Bonchev–Trinajstić information content (AvgIpc) is 3.27. The van der Waals surface area contributed by atoms with E-state index in [0.29, 0.717) is 30.4 Å². The molecule has 33 heavy (non-hydrogen) atoms. The fourth-order valence-electron chi connectivity index (χ4n) is 4.46. The second kappa shape index (κ2) is 9.86. The maximum Gasteiger partial charge on any atom is 0.232 e. The van der Waals surface area contributed by atoms with E-state index in [4.69, 9.17) is 9.15 Å². The molecule has 1 saturated heterocycles. The second-order valence-electron chi connectivity index (χ2n) is 8.17. The molecule has 0 bridgehead atoms. The number of nitriles is 1. The Bertz CT molecular complexity index is 1250. The van der Waals surface area contributed by atoms with Crippen LogP contribution in [0, 0.1) is 11.3 Å². The van der Waals surface area contributed by atoms with Crippen molar-refractivity contribution < 1.29 is 9.15 Å². The Morgan fingerprint density at radius 2 is 1.73 bits per heavy atom. The predicted octanol–water partition coefficient (Wildman–Crippen LogP) is 4.78. The van der Waals surface area contributed by atoms with Crippen molar-refractivity contribution in [1.29, 1.82) is 5.26 Å². The molecule has 0 spiro atoms. The van der Waals surface area contributed by atoms with Gasteiger partial charge in [0.25, 0.3) is 0 Å². The fourth-order valence-corrected chi connectivity index (χ4v) is 4.46. The Balaban J connectivity index is 1.36. The van der Waals surface area contributed by atoms with Crippen LogP contribution in [-0.2, 0) is 11.2 Å². The molecule has 0 saturated carbocycles. The minimum Gasteiger partial charge on any atom is -0.423 e. The number of nitrogens with one attached hydrogen (secondary N) is 1. The quantitative estimate of drug-likeness (QED) is 0.448. The van der Waals surface area contributed by atoms with Crippen LogP contribution in [0.1, 0.15) is 28.8 Å². The van der Waals surface area contributed by atoms with Crippen molar-refractivity contribution in [3.8, 4) is 6.07 Å². The zero-order valence-corrected chi connectivity index (χ0v) is 18.4. The molecule has 6 heteroatoms. The lowest BCUT2D eigenvalue weighted by Crippen LogP contribution is -2.41. The lowest BCUT2D eigenvalue weighted by atomic mass is 10.0. The molecule has 0 radical (unpaired) electrons. The lowest BCUT2D eigenvalue weighted by Gasteiger charge is -2.34. The van der Waals surface area contributed by atoms with Gasteiger partial charge in [0.2, 0.25) is 17.5 Å². The van der Waals surface area contributed by atoms with Gasteiger partial charge in [-0.25, -0.2) is 4.98 Å². The second-order valence-corrected chi connectivity index (χ2v) is 8.17. The topological polar surface area (TPSA) is 74.3 Å². The highest BCUT2D eigenvalue weighted by Crippen LogP contribution is 2.26. The molecule has 0 aliphatic carbocycles. The van der Waals surface area contributed by atoms with Crippen LogP contribution in [-0.4, -0.2) is 42.7 Å². The Labute approximate surface area is 193 Å². The van der Waals surface area contributed by atoms with Gasteiger partial charge in [-0.1, -0.05) is 72.8 Å². The van der Waals surface area contributed by atoms with Crippen molar-refractivity contribution in [2.45, 2.75) is 12.5 Å². The molecule has 0 unspecified atom stereocenters. The van der Waals surface area contributed by atoms with Crippen LogP contribution < -0.4 is 5.32 Å². The zero-order chi connectivity index (χ0) is 22.5. The molecule has 5 rings (SSSR count). The molecule has 166 valence electrons. The predicted molar refractivity (Wildman–Crippen MR) is 128 cm³/mol. The molecule has 1 aromatic heterocycles. The Kier molecular flexibility index (Phi) is 6.34. The van der Waals surface area contributed by atoms with Gasteiger partial charge in [0.15, 0.2) is 0 Å². The van der Waals surface area contributed by atoms with E-state index in [1.807, 2.05) is 24.3 Å². The molecule has 4 aromatic rings. The fraction of sp³-hybridized carbons (Fsp3) is 0.259. The number of ether oxygens (including phenoxy) is 1. The number of nitrogens with zero attached hydrogens (tertiary/aromatic N) is 3. The first-order valence-electron chi connectivity index (χ1n) is 11.3. The maximum absolute atomic E-state index is 9.66. The Morgan fingerprint density at radius 3 is 2.55 bits per heavy atom. The van der Waals surface area contributed by atoms with Crippen LogP contribution >= 0.6 is 0 Å². The number of morpholine rings is 1. The molecule has 1 N–H and O–H groups in total. The Morgan fingerprint density at radius 1 is 0.970 bits per heavy atom. The number of hydrogen-bond acceptors (Lipinski definition) is 6. The number of fused-ring (bicyclic) bond motifs is 1. The van der Waals surface area contributed by atoms with Crippen molar-refractivity contribution in [2.75, 3.05) is 38.2 Å². The highest BCUT2D eigenvalue weighted by atomic mass is 16.5. The molecule has 1 atom stereocenters. The van der Waals surface area contributed by atoms with Gasteiger partial charge in [-0.2, -0.15) is 5.26 Å². The first kappa shape index (κ1) is 21.2. The van der Waals surface area contributed by atoms with Crippen LogP contribution in [0.3, 0.4) is 0 Å². The minimum atomic E-state index is 0.147. The van der Waals surface area contributed by atoms with Crippen LogP contribution in [0.15, 0.2) is 77.2 Å². The highest BCUT2D eigenvalue weighted by molar-refractivity contribution is 5.85. The normalized spacial score (nSPS) is 15.2. The Hall–Kier alpha value is -3.66. The van der Waals surface area contributed by atoms with E-state index in [1.165, 1.54) is 16.3 Å². The molecule has 2 heterocycles. The molecule has 0 amide bonds. The molecular weight excluding hydrogens is 412 g/mol. The number of rotatable bonds is 7. The summed E-state index contributed by atoms with van der Waals surface area (Å²) in [5, 5.41) is 15.4. The van der Waals surface area contributed by atoms with E-state index in [-0.39, 0.29) is 6.04 Å². The van der Waals surface area contributed by atoms with E-state index in [0.717, 1.165) is 31.9 Å². The van der Waals surface area contributed by atoms with Crippen molar-refractivity contribution >= 4 is 16.7 Å². The van der Waals surface area contributed by atoms with E-state index in [2.05, 4.69) is 69.8 Å². The SMILES string of the molecule is N#Cc1nc(Cc2cccc3ccccc23)oc1NC[C@@H](c1ccccc1)N1CCOCC1. The van der Waals surface area contributed by atoms with Crippen LogP contribution in [0.25, 0.3) is 10.8 Å². The van der Waals surface area contributed by atoms with Crippen molar-refractivity contribution in [3.05, 3.63) is 95.5 Å². The summed E-state index contributed by atoms with van der Waals surface area (Å²) in [4.78, 5) is 6.88. The van der Waals surface area contributed by atoms with E-state index in [9.17, 15) is 5.26 Å². The number of hydrogen-bond donors (Lipinski definition) is 1. The van der Waals surface area contributed by atoms with E-state index in [1.54, 1.807) is 0 Å². The molecular formula is C27H26N4O2. The molecule has 1 aliphatic rings. The molecule has 1 fully saturated rings. The summed E-state index contributed by atoms with van der Waals surface area (Å²) in [6, 6.07) is 27.2. The summed E-state index contributed by atoms with van der Waals surface area (Å²) in [6.45, 7) is 3.81. The summed E-state index contributed by atoms with van der Waals surface area (Å²) in [5.41, 5.74) is 2.64. The van der Waals surface area contributed by atoms with E-state index >= 15 is 0 Å². The van der Waals surface area contributed by atoms with Crippen LogP contribution in [0.5, 0.6) is 0 Å². The van der Waals surface area contributed by atoms with Crippen molar-refractivity contribution in [2.24, 2.45) is 0 Å². The van der Waals surface area contributed by atoms with Gasteiger partial charge in [-0.3, -0.25) is 4.90 Å². The number of oxazole rings is 1. The standard InChI is InChI=1S/C27H26N4O2/c28-18-24-27(29-19-25(21-8-2-1-3-9-21)31-13-15-32-16-14-31)33-26(30-24)17-22-11-6-10-20-7-4-5-12-23(20)22/h1-12,25,29H,13-17,19H2/t25-/m0/s1. The van der Waals surface area contributed by atoms with Gasteiger partial charge in [0, 0.05) is 19.6 Å². The van der Waals surface area contributed by atoms with Gasteiger partial charge >= 0.3 is 0 Å². The van der Waals surface area contributed by atoms with Crippen molar-refractivity contribution in [3.63, 3.8) is 0 Å². The first-order valence-corrected chi connectivity index (χ1v) is 11.3. The number of benzene rings is 3. The largest absolute Gasteiger partial charge is 0.423 e. The smallest absolute Gasteiger partial charge is 0.232 e. The molecule has 1 aliphatic heterocycles. The van der Waals surface area contributed by atoms with Gasteiger partial charge in [-0.15, -0.1) is 0 Å². The maximum atomic E-state index is 9.66. The van der Waals surface area contributed by atoms with Crippen molar-refractivity contribution in [1.82, 2.24) is 9.88 Å². The average molecular weight is 439 g/mol. The highest BCUT2D eigenvalue weighted by Gasteiger charge is 2.24. The lowest BCUT2D eigenvalue weighted by molar-refractivity contribution is 0.0186. The van der Waals surface area contributed by atoms with Gasteiger partial charge in [0.05, 0.1) is 25.7 Å². The number of anilines is 1. The first-order chi connectivity index (χ1) is 16.3. The summed E-state index contributed by atoms with van der Waals surface area (Å²) >= 11 is 0. The summed E-state index contributed by atoms with van der Waals surface area (Å²) in [7, 11) is 0. The minimum absolute atomic E-state index is 0.147. The summed E-state index contributed by atoms with van der Waals surface area (Å²) in [5.74, 6) is 0.968. The molecule has 3 aromatic carbocycles. The third kappa shape index (κ3) is 4.75. The number of aromatic nitrogens is 1. The third-order valence-electron chi connectivity index (χ3n) is 6.13. The summed E-state index contributed by atoms with van der Waals surface area (Å²) < 4.78 is 11.6. The van der Waals surface area contributed by atoms with Gasteiger partial charge < -0.3 is 14.5 Å². The third-order valence-corrected chi connectivity index (χ3v) is 6.13.